The number of aryl methyl sites for hydroxylation is 1. The second-order valence-electron chi connectivity index (χ2n) is 5.10. The first kappa shape index (κ1) is 17.3. The maximum absolute atomic E-state index is 12.0. The maximum atomic E-state index is 12.0. The highest BCUT2D eigenvalue weighted by Gasteiger charge is 2.12. The molecule has 0 aliphatic carbocycles. The van der Waals surface area contributed by atoms with Crippen molar-refractivity contribution in [1.82, 2.24) is 5.32 Å². The van der Waals surface area contributed by atoms with Crippen molar-refractivity contribution in [2.45, 2.75) is 13.8 Å². The molecule has 23 heavy (non-hydrogen) atoms. The van der Waals surface area contributed by atoms with Gasteiger partial charge in [-0.2, -0.15) is 0 Å². The van der Waals surface area contributed by atoms with Gasteiger partial charge >= 0.3 is 0 Å². The zero-order chi connectivity index (χ0) is 17.0. The van der Waals surface area contributed by atoms with E-state index in [9.17, 15) is 9.59 Å². The van der Waals surface area contributed by atoms with E-state index in [0.717, 1.165) is 16.8 Å². The predicted octanol–water partition coefficient (Wildman–Crippen LogP) is 3.98. The van der Waals surface area contributed by atoms with Crippen molar-refractivity contribution < 1.29 is 9.59 Å². The minimum atomic E-state index is -0.428. The Morgan fingerprint density at radius 2 is 1.83 bits per heavy atom. The standard InChI is InChI=1S/C17H16Cl2N2O2/c1-10-4-3-5-15(11(10)2)21-16(22)9-20-17(23)13-7-6-12(18)8-14(13)19/h3-8H,9H2,1-2H3,(H,20,23)(H,21,22). The Balaban J connectivity index is 1.96. The van der Waals surface area contributed by atoms with E-state index >= 15 is 0 Å². The van der Waals surface area contributed by atoms with E-state index < -0.39 is 5.91 Å². The Bertz CT molecular complexity index is 760. The molecule has 0 heterocycles. The van der Waals surface area contributed by atoms with E-state index in [-0.39, 0.29) is 23.0 Å². The highest BCUT2D eigenvalue weighted by atomic mass is 35.5. The first-order valence-corrected chi connectivity index (χ1v) is 7.73. The molecule has 2 rings (SSSR count). The maximum Gasteiger partial charge on any atom is 0.253 e. The summed E-state index contributed by atoms with van der Waals surface area (Å²) in [5.41, 5.74) is 3.08. The van der Waals surface area contributed by atoms with Crippen LogP contribution in [0, 0.1) is 13.8 Å². The van der Waals surface area contributed by atoms with Crippen molar-refractivity contribution in [1.29, 1.82) is 0 Å². The van der Waals surface area contributed by atoms with Crippen molar-refractivity contribution in [2.24, 2.45) is 0 Å². The fourth-order valence-electron chi connectivity index (χ4n) is 2.01. The van der Waals surface area contributed by atoms with Gasteiger partial charge in [0.05, 0.1) is 17.1 Å². The summed E-state index contributed by atoms with van der Waals surface area (Å²) in [6.07, 6.45) is 0. The Labute approximate surface area is 144 Å². The lowest BCUT2D eigenvalue weighted by Crippen LogP contribution is -2.33. The minimum Gasteiger partial charge on any atom is -0.343 e. The number of rotatable bonds is 4. The van der Waals surface area contributed by atoms with Gasteiger partial charge in [-0.1, -0.05) is 35.3 Å². The molecule has 0 atom stereocenters. The normalized spacial score (nSPS) is 10.3. The van der Waals surface area contributed by atoms with Gasteiger partial charge in [-0.05, 0) is 49.2 Å². The van der Waals surface area contributed by atoms with Crippen LogP contribution in [-0.4, -0.2) is 18.4 Å². The molecule has 4 nitrogen and oxygen atoms in total. The highest BCUT2D eigenvalue weighted by molar-refractivity contribution is 6.36. The first-order chi connectivity index (χ1) is 10.9. The molecule has 0 saturated heterocycles. The van der Waals surface area contributed by atoms with E-state index in [0.29, 0.717) is 5.02 Å². The summed E-state index contributed by atoms with van der Waals surface area (Å²) >= 11 is 11.7. The van der Waals surface area contributed by atoms with E-state index in [4.69, 9.17) is 23.2 Å². The molecular weight excluding hydrogens is 335 g/mol. The van der Waals surface area contributed by atoms with Crippen LogP contribution in [0.2, 0.25) is 10.0 Å². The van der Waals surface area contributed by atoms with E-state index in [1.807, 2.05) is 32.0 Å². The molecule has 6 heteroatoms. The number of amides is 2. The van der Waals surface area contributed by atoms with Gasteiger partial charge in [-0.3, -0.25) is 9.59 Å². The van der Waals surface area contributed by atoms with Crippen LogP contribution in [0.25, 0.3) is 0 Å². The second kappa shape index (κ2) is 7.49. The van der Waals surface area contributed by atoms with Crippen LogP contribution >= 0.6 is 23.2 Å². The van der Waals surface area contributed by atoms with Crippen molar-refractivity contribution in [3.8, 4) is 0 Å². The number of hydrogen-bond donors (Lipinski definition) is 2. The fourth-order valence-corrected chi connectivity index (χ4v) is 2.50. The quantitative estimate of drug-likeness (QED) is 0.875. The molecule has 2 amide bonds. The lowest BCUT2D eigenvalue weighted by molar-refractivity contribution is -0.115. The van der Waals surface area contributed by atoms with Crippen molar-refractivity contribution in [2.75, 3.05) is 11.9 Å². The van der Waals surface area contributed by atoms with Crippen LogP contribution in [0.5, 0.6) is 0 Å². The molecule has 0 unspecified atom stereocenters. The number of halogens is 2. The summed E-state index contributed by atoms with van der Waals surface area (Å²) in [5.74, 6) is -0.736. The lowest BCUT2D eigenvalue weighted by Gasteiger charge is -2.11. The smallest absolute Gasteiger partial charge is 0.253 e. The number of benzene rings is 2. The molecule has 0 saturated carbocycles. The van der Waals surface area contributed by atoms with Crippen molar-refractivity contribution >= 4 is 40.7 Å². The molecule has 2 N–H and O–H groups in total. The third-order valence-electron chi connectivity index (χ3n) is 3.46. The molecule has 2 aromatic rings. The van der Waals surface area contributed by atoms with Crippen LogP contribution in [0.4, 0.5) is 5.69 Å². The second-order valence-corrected chi connectivity index (χ2v) is 5.95. The monoisotopic (exact) mass is 350 g/mol. The van der Waals surface area contributed by atoms with Gasteiger partial charge in [0.2, 0.25) is 5.91 Å². The van der Waals surface area contributed by atoms with Crippen LogP contribution in [0.3, 0.4) is 0 Å². The Morgan fingerprint density at radius 1 is 1.09 bits per heavy atom. The minimum absolute atomic E-state index is 0.148. The van der Waals surface area contributed by atoms with Crippen molar-refractivity contribution in [3.05, 3.63) is 63.1 Å². The summed E-state index contributed by atoms with van der Waals surface area (Å²) < 4.78 is 0. The molecule has 120 valence electrons. The van der Waals surface area contributed by atoms with Gasteiger partial charge in [0.15, 0.2) is 0 Å². The average molecular weight is 351 g/mol. The Kier molecular flexibility index (Phi) is 5.64. The first-order valence-electron chi connectivity index (χ1n) is 6.98. The summed E-state index contributed by atoms with van der Waals surface area (Å²) in [4.78, 5) is 24.0. The van der Waals surface area contributed by atoms with Gasteiger partial charge in [-0.15, -0.1) is 0 Å². The zero-order valence-electron chi connectivity index (χ0n) is 12.7. The van der Waals surface area contributed by atoms with Crippen LogP contribution in [0.1, 0.15) is 21.5 Å². The fraction of sp³-hybridized carbons (Fsp3) is 0.176. The summed E-state index contributed by atoms with van der Waals surface area (Å²) in [5, 5.41) is 5.99. The predicted molar refractivity (Wildman–Crippen MR) is 93.3 cm³/mol. The SMILES string of the molecule is Cc1cccc(NC(=O)CNC(=O)c2ccc(Cl)cc2Cl)c1C. The third kappa shape index (κ3) is 4.47. The number of carbonyl (C=O) groups is 2. The van der Waals surface area contributed by atoms with Crippen molar-refractivity contribution in [3.63, 3.8) is 0 Å². The van der Waals surface area contributed by atoms with E-state index in [1.54, 1.807) is 6.07 Å². The molecule has 0 radical (unpaired) electrons. The molecule has 0 aromatic heterocycles. The summed E-state index contributed by atoms with van der Waals surface area (Å²) in [6, 6.07) is 10.2. The molecular formula is C17H16Cl2N2O2. The van der Waals surface area contributed by atoms with Gasteiger partial charge in [0, 0.05) is 10.7 Å². The summed E-state index contributed by atoms with van der Waals surface area (Å²) in [7, 11) is 0. The van der Waals surface area contributed by atoms with E-state index in [2.05, 4.69) is 10.6 Å². The van der Waals surface area contributed by atoms with Crippen LogP contribution in [-0.2, 0) is 4.79 Å². The number of hydrogen-bond acceptors (Lipinski definition) is 2. The Morgan fingerprint density at radius 3 is 2.52 bits per heavy atom. The largest absolute Gasteiger partial charge is 0.343 e. The number of anilines is 1. The molecule has 0 spiro atoms. The highest BCUT2D eigenvalue weighted by Crippen LogP contribution is 2.21. The van der Waals surface area contributed by atoms with Gasteiger partial charge in [-0.25, -0.2) is 0 Å². The molecule has 2 aromatic carbocycles. The number of carbonyl (C=O) groups excluding carboxylic acids is 2. The molecule has 0 aliphatic rings. The topological polar surface area (TPSA) is 58.2 Å². The molecule has 0 aliphatic heterocycles. The summed E-state index contributed by atoms with van der Waals surface area (Å²) in [6.45, 7) is 3.75. The molecule has 0 bridgehead atoms. The van der Waals surface area contributed by atoms with E-state index in [1.165, 1.54) is 12.1 Å². The number of nitrogens with one attached hydrogen (secondary N) is 2. The zero-order valence-corrected chi connectivity index (χ0v) is 14.3. The average Bonchev–Trinajstić information content (AvgIpc) is 2.49. The lowest BCUT2D eigenvalue weighted by atomic mass is 10.1. The van der Waals surface area contributed by atoms with Crippen LogP contribution in [0.15, 0.2) is 36.4 Å². The Hall–Kier alpha value is -2.04. The third-order valence-corrected chi connectivity index (χ3v) is 4.01. The van der Waals surface area contributed by atoms with Gasteiger partial charge in [0.1, 0.15) is 0 Å². The van der Waals surface area contributed by atoms with Gasteiger partial charge in [0.25, 0.3) is 5.91 Å². The van der Waals surface area contributed by atoms with Crippen LogP contribution < -0.4 is 10.6 Å². The van der Waals surface area contributed by atoms with Gasteiger partial charge < -0.3 is 10.6 Å². The molecule has 0 fully saturated rings.